The van der Waals surface area contributed by atoms with E-state index < -0.39 is 40.7 Å². The van der Waals surface area contributed by atoms with Crippen LogP contribution in [0.15, 0.2) is 54.6 Å². The monoisotopic (exact) mass is 494 g/mol. The molecule has 3 aromatic rings. The van der Waals surface area contributed by atoms with E-state index in [0.717, 1.165) is 43.4 Å². The molecule has 1 heterocycles. The average Bonchev–Trinajstić information content (AvgIpc) is 2.83. The van der Waals surface area contributed by atoms with Gasteiger partial charge in [0.15, 0.2) is 17.5 Å². The molecule has 0 bridgehead atoms. The quantitative estimate of drug-likeness (QED) is 0.243. The van der Waals surface area contributed by atoms with Gasteiger partial charge < -0.3 is 9.47 Å². The minimum Gasteiger partial charge on any atom is -0.429 e. The zero-order valence-electron chi connectivity index (χ0n) is 19.0. The highest BCUT2D eigenvalue weighted by atomic mass is 19.3. The molecular weight excluding hydrogens is 470 g/mol. The smallest absolute Gasteiger partial charge is 0.426 e. The Morgan fingerprint density at radius 3 is 2.14 bits per heavy atom. The summed E-state index contributed by atoms with van der Waals surface area (Å²) in [6, 6.07) is 10.1. The summed E-state index contributed by atoms with van der Waals surface area (Å²) in [6.07, 6.45) is -0.0941. The summed E-state index contributed by atoms with van der Waals surface area (Å²) in [5, 5.41) is 0. The van der Waals surface area contributed by atoms with Gasteiger partial charge in [0.1, 0.15) is 11.6 Å². The number of alkyl halides is 2. The maximum Gasteiger partial charge on any atom is 0.426 e. The molecule has 0 saturated carbocycles. The van der Waals surface area contributed by atoms with Gasteiger partial charge in [-0.3, -0.25) is 0 Å². The first kappa shape index (κ1) is 25.1. The Labute approximate surface area is 199 Å². The third-order valence-corrected chi connectivity index (χ3v) is 6.17. The second-order valence-electron chi connectivity index (χ2n) is 8.69. The largest absolute Gasteiger partial charge is 0.429 e. The first-order chi connectivity index (χ1) is 16.7. The molecule has 1 saturated heterocycles. The van der Waals surface area contributed by atoms with Gasteiger partial charge in [-0.25, -0.2) is 17.6 Å². The van der Waals surface area contributed by atoms with E-state index in [2.05, 4.69) is 11.7 Å². The normalized spacial score (nSPS) is 18.5. The van der Waals surface area contributed by atoms with Gasteiger partial charge in [-0.2, -0.15) is 8.78 Å². The Morgan fingerprint density at radius 1 is 0.886 bits per heavy atom. The third-order valence-electron chi connectivity index (χ3n) is 6.17. The van der Waals surface area contributed by atoms with Crippen molar-refractivity contribution in [2.24, 2.45) is 5.92 Å². The fourth-order valence-corrected chi connectivity index (χ4v) is 4.31. The predicted molar refractivity (Wildman–Crippen MR) is 119 cm³/mol. The van der Waals surface area contributed by atoms with E-state index >= 15 is 0 Å². The van der Waals surface area contributed by atoms with Gasteiger partial charge in [0.25, 0.3) is 0 Å². The summed E-state index contributed by atoms with van der Waals surface area (Å²) in [6.45, 7) is 2.78. The minimum atomic E-state index is -3.97. The lowest BCUT2D eigenvalue weighted by molar-refractivity contribution is -0.185. The molecule has 1 aliphatic rings. The van der Waals surface area contributed by atoms with Crippen molar-refractivity contribution in [1.29, 1.82) is 0 Å². The van der Waals surface area contributed by atoms with Crippen molar-refractivity contribution in [3.8, 4) is 16.9 Å². The summed E-state index contributed by atoms with van der Waals surface area (Å²) >= 11 is 0. The highest BCUT2D eigenvalue weighted by Gasteiger charge is 2.35. The van der Waals surface area contributed by atoms with E-state index in [-0.39, 0.29) is 11.7 Å². The van der Waals surface area contributed by atoms with Crippen LogP contribution >= 0.6 is 0 Å². The van der Waals surface area contributed by atoms with Crippen molar-refractivity contribution in [3.05, 3.63) is 89.0 Å². The standard InChI is InChI=1S/C27H24F6O2/c1-2-3-16-4-11-25(34-15-16)18-7-10-21(22(28)12-18)17-5-8-19(9-6-17)27(32,33)35-20-13-23(29)26(31)24(30)14-20/h5-10,12-14,16,25H,2-4,11,15H2,1H3. The van der Waals surface area contributed by atoms with Crippen molar-refractivity contribution in [2.75, 3.05) is 6.61 Å². The van der Waals surface area contributed by atoms with Gasteiger partial charge >= 0.3 is 6.11 Å². The molecule has 2 atom stereocenters. The summed E-state index contributed by atoms with van der Waals surface area (Å²) < 4.78 is 93.9. The Hall–Kier alpha value is -3.00. The number of hydrogen-bond acceptors (Lipinski definition) is 2. The van der Waals surface area contributed by atoms with E-state index in [0.29, 0.717) is 30.2 Å². The molecule has 186 valence electrons. The molecule has 0 N–H and O–H groups in total. The van der Waals surface area contributed by atoms with Crippen LogP contribution in [0.4, 0.5) is 26.3 Å². The lowest BCUT2D eigenvalue weighted by Gasteiger charge is -2.29. The topological polar surface area (TPSA) is 18.5 Å². The van der Waals surface area contributed by atoms with Crippen molar-refractivity contribution in [3.63, 3.8) is 0 Å². The van der Waals surface area contributed by atoms with Crippen molar-refractivity contribution < 1.29 is 35.8 Å². The fraction of sp³-hybridized carbons (Fsp3) is 0.333. The maximum absolute atomic E-state index is 14.9. The van der Waals surface area contributed by atoms with Crippen molar-refractivity contribution >= 4 is 0 Å². The molecular formula is C27H24F6O2. The third kappa shape index (κ3) is 5.64. The van der Waals surface area contributed by atoms with Gasteiger partial charge in [0.05, 0.1) is 18.3 Å². The zero-order chi connectivity index (χ0) is 25.2. The van der Waals surface area contributed by atoms with E-state index in [1.54, 1.807) is 12.1 Å². The first-order valence-corrected chi connectivity index (χ1v) is 11.4. The molecule has 3 aromatic carbocycles. The second-order valence-corrected chi connectivity index (χ2v) is 8.69. The first-order valence-electron chi connectivity index (χ1n) is 11.4. The minimum absolute atomic E-state index is 0.175. The molecule has 2 nitrogen and oxygen atoms in total. The molecule has 1 fully saturated rings. The van der Waals surface area contributed by atoms with Crippen LogP contribution in [0.5, 0.6) is 5.75 Å². The van der Waals surface area contributed by atoms with Gasteiger partial charge in [0.2, 0.25) is 0 Å². The number of benzene rings is 3. The lowest BCUT2D eigenvalue weighted by Crippen LogP contribution is -2.22. The van der Waals surface area contributed by atoms with Gasteiger partial charge in [-0.15, -0.1) is 0 Å². The second kappa shape index (κ2) is 10.3. The highest BCUT2D eigenvalue weighted by molar-refractivity contribution is 5.65. The van der Waals surface area contributed by atoms with Crippen LogP contribution in [0.3, 0.4) is 0 Å². The lowest BCUT2D eigenvalue weighted by atomic mass is 9.91. The molecule has 2 unspecified atom stereocenters. The molecule has 8 heteroatoms. The van der Waals surface area contributed by atoms with Crippen molar-refractivity contribution in [1.82, 2.24) is 0 Å². The van der Waals surface area contributed by atoms with Gasteiger partial charge in [0, 0.05) is 17.7 Å². The average molecular weight is 494 g/mol. The molecule has 1 aliphatic heterocycles. The van der Waals surface area contributed by atoms with Gasteiger partial charge in [-0.05, 0) is 54.5 Å². The van der Waals surface area contributed by atoms with Crippen LogP contribution in [0, 0.1) is 29.2 Å². The van der Waals surface area contributed by atoms with E-state index in [9.17, 15) is 26.3 Å². The van der Waals surface area contributed by atoms with Gasteiger partial charge in [-0.1, -0.05) is 37.6 Å². The molecule has 0 amide bonds. The van der Waals surface area contributed by atoms with Crippen LogP contribution in [0.25, 0.3) is 11.1 Å². The predicted octanol–water partition coefficient (Wildman–Crippen LogP) is 8.31. The molecule has 35 heavy (non-hydrogen) atoms. The number of hydrogen-bond donors (Lipinski definition) is 0. The molecule has 4 rings (SSSR count). The van der Waals surface area contributed by atoms with Crippen LogP contribution in [-0.2, 0) is 10.8 Å². The number of rotatable bonds is 7. The number of ether oxygens (including phenoxy) is 2. The fourth-order valence-electron chi connectivity index (χ4n) is 4.31. The summed E-state index contributed by atoms with van der Waals surface area (Å²) in [5.74, 6) is -5.93. The Morgan fingerprint density at radius 2 is 1.57 bits per heavy atom. The van der Waals surface area contributed by atoms with Crippen LogP contribution < -0.4 is 4.74 Å². The molecule has 0 spiro atoms. The molecule has 0 aliphatic carbocycles. The van der Waals surface area contributed by atoms with Crippen LogP contribution in [0.2, 0.25) is 0 Å². The van der Waals surface area contributed by atoms with Crippen LogP contribution in [-0.4, -0.2) is 6.61 Å². The number of halogens is 6. The van der Waals surface area contributed by atoms with E-state index in [1.165, 1.54) is 18.2 Å². The van der Waals surface area contributed by atoms with Crippen molar-refractivity contribution in [2.45, 2.75) is 44.8 Å². The Kier molecular flexibility index (Phi) is 7.40. The Balaban J connectivity index is 1.47. The Bertz CT molecular complexity index is 1150. The van der Waals surface area contributed by atoms with E-state index in [4.69, 9.17) is 4.74 Å². The van der Waals surface area contributed by atoms with E-state index in [1.807, 2.05) is 0 Å². The SMILES string of the molecule is CCCC1CCC(c2ccc(-c3ccc(C(F)(F)Oc4cc(F)c(F)c(F)c4)cc3)c(F)c2)OC1. The zero-order valence-corrected chi connectivity index (χ0v) is 19.0. The highest BCUT2D eigenvalue weighted by Crippen LogP contribution is 2.36. The molecule has 0 radical (unpaired) electrons. The molecule has 0 aromatic heterocycles. The summed E-state index contributed by atoms with van der Waals surface area (Å²) in [7, 11) is 0. The maximum atomic E-state index is 14.9. The van der Waals surface area contributed by atoms with Crippen LogP contribution in [0.1, 0.15) is 49.8 Å². The summed E-state index contributed by atoms with van der Waals surface area (Å²) in [4.78, 5) is 0. The summed E-state index contributed by atoms with van der Waals surface area (Å²) in [5.41, 5.74) is 0.698.